The average Bonchev–Trinajstić information content (AvgIpc) is 2.74. The first-order valence-electron chi connectivity index (χ1n) is 11.2. The van der Waals surface area contributed by atoms with Gasteiger partial charge in [0, 0.05) is 5.56 Å². The van der Waals surface area contributed by atoms with E-state index in [4.69, 9.17) is 6.42 Å². The van der Waals surface area contributed by atoms with Gasteiger partial charge in [0.1, 0.15) is 0 Å². The largest absolute Gasteiger partial charge is 0.0654 e. The van der Waals surface area contributed by atoms with Crippen LogP contribution >= 0.6 is 0 Å². The lowest BCUT2D eigenvalue weighted by Gasteiger charge is -2.14. The standard InChI is InChI=1S/C28H33/c1-3-5-6-7-8-9-10-11-12-13-18-28-26-21-16-14-19-24(26)23(4-2)25-20-15-17-22-27(25)28/h14-17,19-22H,3,5-13,18H2,1H3. The molecule has 1 radical (unpaired) electrons. The van der Waals surface area contributed by atoms with Gasteiger partial charge in [-0.25, -0.2) is 0 Å². The van der Waals surface area contributed by atoms with Crippen LogP contribution < -0.4 is 0 Å². The summed E-state index contributed by atoms with van der Waals surface area (Å²) in [7, 11) is 0. The van der Waals surface area contributed by atoms with Crippen LogP contribution in [-0.2, 0) is 6.42 Å². The molecule has 0 nitrogen and oxygen atoms in total. The molecular weight excluding hydrogens is 336 g/mol. The van der Waals surface area contributed by atoms with Gasteiger partial charge in [-0.1, -0.05) is 119 Å². The fraction of sp³-hybridized carbons (Fsp3) is 0.429. The Bertz CT molecular complexity index is 869. The molecule has 0 aliphatic carbocycles. The number of aryl methyl sites for hydroxylation is 1. The molecule has 0 atom stereocenters. The van der Waals surface area contributed by atoms with Gasteiger partial charge in [0.25, 0.3) is 0 Å². The van der Waals surface area contributed by atoms with Gasteiger partial charge in [-0.3, -0.25) is 0 Å². The third-order valence-corrected chi connectivity index (χ3v) is 5.95. The maximum Gasteiger partial charge on any atom is 0.0412 e. The van der Waals surface area contributed by atoms with Crippen molar-refractivity contribution in [3.63, 3.8) is 0 Å². The Hall–Kier alpha value is -2.26. The Kier molecular flexibility index (Phi) is 7.98. The van der Waals surface area contributed by atoms with E-state index < -0.39 is 0 Å². The second-order valence-corrected chi connectivity index (χ2v) is 8.00. The summed E-state index contributed by atoms with van der Waals surface area (Å²) in [5, 5.41) is 4.93. The molecule has 0 heteroatoms. The summed E-state index contributed by atoms with van der Waals surface area (Å²) in [5.74, 6) is 2.70. The van der Waals surface area contributed by atoms with Crippen molar-refractivity contribution in [3.8, 4) is 5.92 Å². The predicted octanol–water partition coefficient (Wildman–Crippen LogP) is 8.39. The minimum atomic E-state index is 0.929. The number of benzene rings is 3. The Morgan fingerprint density at radius 3 is 1.50 bits per heavy atom. The van der Waals surface area contributed by atoms with Crippen LogP contribution in [0.4, 0.5) is 0 Å². The van der Waals surface area contributed by atoms with Gasteiger partial charge in [0.2, 0.25) is 0 Å². The van der Waals surface area contributed by atoms with Gasteiger partial charge in [0.15, 0.2) is 0 Å². The van der Waals surface area contributed by atoms with Crippen molar-refractivity contribution in [1.82, 2.24) is 0 Å². The Balaban J connectivity index is 1.63. The van der Waals surface area contributed by atoms with E-state index in [2.05, 4.69) is 61.4 Å². The summed E-state index contributed by atoms with van der Waals surface area (Å²) in [6.07, 6.45) is 22.6. The Labute approximate surface area is 171 Å². The van der Waals surface area contributed by atoms with E-state index in [0.29, 0.717) is 0 Å². The van der Waals surface area contributed by atoms with E-state index in [1.165, 1.54) is 91.3 Å². The number of hydrogen-bond donors (Lipinski definition) is 0. The van der Waals surface area contributed by atoms with Gasteiger partial charge in [-0.15, -0.1) is 0 Å². The lowest BCUT2D eigenvalue weighted by molar-refractivity contribution is 0.557. The molecule has 0 aliphatic rings. The van der Waals surface area contributed by atoms with Crippen molar-refractivity contribution >= 4 is 21.5 Å². The van der Waals surface area contributed by atoms with Crippen LogP contribution in [0.1, 0.15) is 82.3 Å². The maximum atomic E-state index is 7.81. The molecule has 0 spiro atoms. The number of fused-ring (bicyclic) bond motifs is 2. The van der Waals surface area contributed by atoms with E-state index in [1.54, 1.807) is 0 Å². The molecule has 0 aliphatic heterocycles. The average molecular weight is 370 g/mol. The van der Waals surface area contributed by atoms with Crippen molar-refractivity contribution in [2.75, 3.05) is 0 Å². The van der Waals surface area contributed by atoms with Crippen molar-refractivity contribution in [3.05, 3.63) is 66.1 Å². The van der Waals surface area contributed by atoms with Gasteiger partial charge >= 0.3 is 0 Å². The third kappa shape index (κ3) is 4.96. The second-order valence-electron chi connectivity index (χ2n) is 8.00. The zero-order valence-electron chi connectivity index (χ0n) is 17.4. The molecule has 0 aromatic heterocycles. The number of unbranched alkanes of at least 4 members (excludes halogenated alkanes) is 9. The molecule has 3 rings (SSSR count). The maximum absolute atomic E-state index is 7.81. The summed E-state index contributed by atoms with van der Waals surface area (Å²) in [4.78, 5) is 0. The van der Waals surface area contributed by atoms with Crippen molar-refractivity contribution in [2.45, 2.75) is 77.6 Å². The molecule has 28 heavy (non-hydrogen) atoms. The van der Waals surface area contributed by atoms with Gasteiger partial charge in [0.05, 0.1) is 0 Å². The van der Waals surface area contributed by atoms with Crippen LogP contribution in [0.25, 0.3) is 21.5 Å². The van der Waals surface area contributed by atoms with Crippen LogP contribution in [0.15, 0.2) is 48.5 Å². The van der Waals surface area contributed by atoms with Crippen LogP contribution in [0.2, 0.25) is 0 Å². The highest BCUT2D eigenvalue weighted by atomic mass is 14.1. The zero-order chi connectivity index (χ0) is 19.6. The molecule has 0 unspecified atom stereocenters. The van der Waals surface area contributed by atoms with Gasteiger partial charge in [-0.2, -0.15) is 0 Å². The fourth-order valence-electron chi connectivity index (χ4n) is 4.41. The third-order valence-electron chi connectivity index (χ3n) is 5.95. The topological polar surface area (TPSA) is 0 Å². The second kappa shape index (κ2) is 10.9. The monoisotopic (exact) mass is 369 g/mol. The van der Waals surface area contributed by atoms with E-state index >= 15 is 0 Å². The van der Waals surface area contributed by atoms with Crippen LogP contribution in [-0.4, -0.2) is 0 Å². The summed E-state index contributed by atoms with van der Waals surface area (Å²) >= 11 is 0. The quantitative estimate of drug-likeness (QED) is 0.181. The molecular formula is C28H33. The van der Waals surface area contributed by atoms with Crippen molar-refractivity contribution in [2.24, 2.45) is 0 Å². The summed E-state index contributed by atoms with van der Waals surface area (Å²) < 4.78 is 0. The Morgan fingerprint density at radius 2 is 1.04 bits per heavy atom. The van der Waals surface area contributed by atoms with Crippen LogP contribution in [0, 0.1) is 12.3 Å². The van der Waals surface area contributed by atoms with Crippen LogP contribution in [0.5, 0.6) is 0 Å². The molecule has 0 heterocycles. The molecule has 145 valence electrons. The molecule has 0 N–H and O–H groups in total. The lowest BCUT2D eigenvalue weighted by atomic mass is 9.89. The minimum Gasteiger partial charge on any atom is -0.0654 e. The first kappa shape index (κ1) is 20.5. The molecule has 0 saturated carbocycles. The van der Waals surface area contributed by atoms with Crippen LogP contribution in [0.3, 0.4) is 0 Å². The van der Waals surface area contributed by atoms with E-state index in [0.717, 1.165) is 12.0 Å². The first-order chi connectivity index (χ1) is 13.9. The van der Waals surface area contributed by atoms with Crippen molar-refractivity contribution in [1.29, 1.82) is 0 Å². The molecule has 0 fully saturated rings. The SMILES string of the molecule is [C]#Cc1c2ccccc2c(CCCCCCCCCCCC)c2ccccc12. The minimum absolute atomic E-state index is 0.929. The molecule has 0 saturated heterocycles. The highest BCUT2D eigenvalue weighted by molar-refractivity contribution is 6.07. The Morgan fingerprint density at radius 1 is 0.607 bits per heavy atom. The summed E-state index contributed by atoms with van der Waals surface area (Å²) in [5.41, 5.74) is 2.38. The molecule has 0 bridgehead atoms. The van der Waals surface area contributed by atoms with Gasteiger partial charge < -0.3 is 0 Å². The molecule has 3 aromatic rings. The first-order valence-corrected chi connectivity index (χ1v) is 11.2. The van der Waals surface area contributed by atoms with E-state index in [1.807, 2.05) is 0 Å². The molecule has 3 aromatic carbocycles. The smallest absolute Gasteiger partial charge is 0.0412 e. The number of rotatable bonds is 11. The summed E-state index contributed by atoms with van der Waals surface area (Å²) in [6, 6.07) is 17.1. The van der Waals surface area contributed by atoms with Gasteiger partial charge in [-0.05, 0) is 46.4 Å². The summed E-state index contributed by atoms with van der Waals surface area (Å²) in [6.45, 7) is 2.28. The predicted molar refractivity (Wildman–Crippen MR) is 123 cm³/mol. The fourth-order valence-corrected chi connectivity index (χ4v) is 4.41. The highest BCUT2D eigenvalue weighted by Gasteiger charge is 2.11. The highest BCUT2D eigenvalue weighted by Crippen LogP contribution is 2.33. The molecule has 0 amide bonds. The number of hydrogen-bond acceptors (Lipinski definition) is 0. The normalized spacial score (nSPS) is 11.1. The van der Waals surface area contributed by atoms with Crippen molar-refractivity contribution < 1.29 is 0 Å². The lowest BCUT2D eigenvalue weighted by Crippen LogP contribution is -1.94. The zero-order valence-corrected chi connectivity index (χ0v) is 17.4. The van der Waals surface area contributed by atoms with E-state index in [9.17, 15) is 0 Å². The van der Waals surface area contributed by atoms with E-state index in [-0.39, 0.29) is 0 Å².